The summed E-state index contributed by atoms with van der Waals surface area (Å²) in [7, 11) is 0. The Labute approximate surface area is 125 Å². The minimum absolute atomic E-state index is 0.0169. The van der Waals surface area contributed by atoms with Gasteiger partial charge in [-0.3, -0.25) is 4.79 Å². The molecule has 3 rings (SSSR count). The van der Waals surface area contributed by atoms with Crippen LogP contribution in [-0.4, -0.2) is 23.4 Å². The molecule has 2 N–H and O–H groups in total. The first kappa shape index (κ1) is 14.4. The second kappa shape index (κ2) is 6.04. The predicted molar refractivity (Wildman–Crippen MR) is 81.4 cm³/mol. The first-order valence-electron chi connectivity index (χ1n) is 8.03. The second-order valence-corrected chi connectivity index (χ2v) is 6.31. The summed E-state index contributed by atoms with van der Waals surface area (Å²) in [5.41, 5.74) is 6.05. The van der Waals surface area contributed by atoms with Gasteiger partial charge in [-0.25, -0.2) is 4.39 Å². The smallest absolute Gasteiger partial charge is 0.256 e. The van der Waals surface area contributed by atoms with Gasteiger partial charge in [-0.1, -0.05) is 25.3 Å². The zero-order valence-electron chi connectivity index (χ0n) is 12.4. The zero-order chi connectivity index (χ0) is 14.8. The molecule has 0 bridgehead atoms. The number of nitrogen functional groups attached to an aromatic ring is 1. The number of hydrogen-bond acceptors (Lipinski definition) is 2. The summed E-state index contributed by atoms with van der Waals surface area (Å²) < 4.78 is 13.6. The molecule has 1 aliphatic heterocycles. The van der Waals surface area contributed by atoms with E-state index >= 15 is 0 Å². The van der Waals surface area contributed by atoms with Crippen molar-refractivity contribution in [2.75, 3.05) is 12.3 Å². The molecule has 1 saturated carbocycles. The second-order valence-electron chi connectivity index (χ2n) is 6.31. The van der Waals surface area contributed by atoms with E-state index in [2.05, 4.69) is 0 Å². The number of nitrogens with two attached hydrogens (primary N) is 1. The summed E-state index contributed by atoms with van der Waals surface area (Å²) in [5.74, 6) is 0.00863. The van der Waals surface area contributed by atoms with Crippen LogP contribution in [0.25, 0.3) is 0 Å². The van der Waals surface area contributed by atoms with Crippen LogP contribution < -0.4 is 5.73 Å². The summed E-state index contributed by atoms with van der Waals surface area (Å²) in [6, 6.07) is 4.82. The molecule has 1 unspecified atom stereocenters. The van der Waals surface area contributed by atoms with E-state index in [9.17, 15) is 9.18 Å². The lowest BCUT2D eigenvalue weighted by Gasteiger charge is -2.34. The Bertz CT molecular complexity index is 526. The number of rotatable bonds is 2. The van der Waals surface area contributed by atoms with Crippen LogP contribution in [0.1, 0.15) is 55.3 Å². The fourth-order valence-electron chi connectivity index (χ4n) is 3.93. The minimum atomic E-state index is -0.505. The predicted octanol–water partition coefficient (Wildman–Crippen LogP) is 3.59. The highest BCUT2D eigenvalue weighted by atomic mass is 19.1. The van der Waals surface area contributed by atoms with Crippen LogP contribution in [0.2, 0.25) is 0 Å². The van der Waals surface area contributed by atoms with E-state index in [1.54, 1.807) is 12.1 Å². The van der Waals surface area contributed by atoms with Gasteiger partial charge in [-0.2, -0.15) is 0 Å². The Hall–Kier alpha value is -1.58. The van der Waals surface area contributed by atoms with Crippen molar-refractivity contribution in [2.45, 2.75) is 51.0 Å². The number of amides is 1. The number of benzene rings is 1. The molecule has 114 valence electrons. The summed E-state index contributed by atoms with van der Waals surface area (Å²) in [4.78, 5) is 14.7. The average Bonchev–Trinajstić information content (AvgIpc) is 3.00. The Balaban J connectivity index is 1.81. The monoisotopic (exact) mass is 290 g/mol. The van der Waals surface area contributed by atoms with Crippen molar-refractivity contribution < 1.29 is 9.18 Å². The Kier molecular flexibility index (Phi) is 4.13. The van der Waals surface area contributed by atoms with Crippen molar-refractivity contribution in [3.63, 3.8) is 0 Å². The number of carbonyl (C=O) groups excluding carboxylic acids is 1. The molecule has 1 atom stereocenters. The number of carbonyl (C=O) groups is 1. The van der Waals surface area contributed by atoms with Crippen LogP contribution in [0.15, 0.2) is 18.2 Å². The minimum Gasteiger partial charge on any atom is -0.396 e. The van der Waals surface area contributed by atoms with Crippen molar-refractivity contribution in [1.29, 1.82) is 0 Å². The number of para-hydroxylation sites is 1. The number of hydrogen-bond donors (Lipinski definition) is 1. The van der Waals surface area contributed by atoms with Gasteiger partial charge < -0.3 is 10.6 Å². The van der Waals surface area contributed by atoms with Gasteiger partial charge in [-0.15, -0.1) is 0 Å². The molecule has 2 aliphatic rings. The molecular formula is C17H23FN2O. The van der Waals surface area contributed by atoms with Crippen LogP contribution in [0.5, 0.6) is 0 Å². The maximum atomic E-state index is 13.6. The average molecular weight is 290 g/mol. The topological polar surface area (TPSA) is 46.3 Å². The van der Waals surface area contributed by atoms with Crippen molar-refractivity contribution in [1.82, 2.24) is 4.90 Å². The third-order valence-electron chi connectivity index (χ3n) is 5.04. The summed E-state index contributed by atoms with van der Waals surface area (Å²) >= 11 is 0. The van der Waals surface area contributed by atoms with E-state index in [0.717, 1.165) is 19.4 Å². The van der Waals surface area contributed by atoms with Gasteiger partial charge in [0.05, 0.1) is 11.3 Å². The van der Waals surface area contributed by atoms with E-state index < -0.39 is 5.82 Å². The normalized spacial score (nSPS) is 23.5. The lowest BCUT2D eigenvalue weighted by atomic mass is 9.83. The summed E-state index contributed by atoms with van der Waals surface area (Å²) in [6.45, 7) is 0.774. The summed E-state index contributed by atoms with van der Waals surface area (Å²) in [5, 5.41) is 0. The first-order valence-corrected chi connectivity index (χ1v) is 8.03. The lowest BCUT2D eigenvalue weighted by molar-refractivity contribution is 0.0662. The molecule has 0 aromatic heterocycles. The molecule has 0 spiro atoms. The van der Waals surface area contributed by atoms with Gasteiger partial charge in [0.1, 0.15) is 5.82 Å². The highest BCUT2D eigenvalue weighted by Crippen LogP contribution is 2.35. The Morgan fingerprint density at radius 3 is 2.67 bits per heavy atom. The third kappa shape index (κ3) is 2.76. The van der Waals surface area contributed by atoms with Crippen LogP contribution in [0.3, 0.4) is 0 Å². The highest BCUT2D eigenvalue weighted by molar-refractivity contribution is 5.99. The maximum Gasteiger partial charge on any atom is 0.256 e. The van der Waals surface area contributed by atoms with Crippen molar-refractivity contribution >= 4 is 11.6 Å². The van der Waals surface area contributed by atoms with Gasteiger partial charge in [0.2, 0.25) is 0 Å². The van der Waals surface area contributed by atoms with Crippen LogP contribution >= 0.6 is 0 Å². The van der Waals surface area contributed by atoms with Crippen molar-refractivity contribution in [3.05, 3.63) is 29.6 Å². The van der Waals surface area contributed by atoms with Gasteiger partial charge in [0.25, 0.3) is 5.91 Å². The molecule has 2 fully saturated rings. The molecule has 21 heavy (non-hydrogen) atoms. The van der Waals surface area contributed by atoms with E-state index in [4.69, 9.17) is 5.73 Å². The lowest BCUT2D eigenvalue weighted by Crippen LogP contribution is -2.41. The fraction of sp³-hybridized carbons (Fsp3) is 0.588. The number of halogens is 1. The largest absolute Gasteiger partial charge is 0.396 e. The molecule has 1 aromatic carbocycles. The molecule has 0 radical (unpaired) electrons. The van der Waals surface area contributed by atoms with E-state index in [0.29, 0.717) is 17.5 Å². The van der Waals surface area contributed by atoms with Gasteiger partial charge in [0.15, 0.2) is 0 Å². The van der Waals surface area contributed by atoms with E-state index in [1.165, 1.54) is 38.2 Å². The van der Waals surface area contributed by atoms with Crippen molar-refractivity contribution in [3.8, 4) is 0 Å². The molecular weight excluding hydrogens is 267 g/mol. The van der Waals surface area contributed by atoms with E-state index in [-0.39, 0.29) is 11.6 Å². The molecule has 4 heteroatoms. The number of likely N-dealkylation sites (tertiary alicyclic amines) is 1. The number of anilines is 1. The SMILES string of the molecule is Nc1c(F)cccc1C(=O)N1CCCC1C1CCCCC1. The molecule has 1 saturated heterocycles. The summed E-state index contributed by atoms with van der Waals surface area (Å²) in [6.07, 6.45) is 8.40. The molecule has 1 amide bonds. The van der Waals surface area contributed by atoms with Crippen LogP contribution in [0, 0.1) is 11.7 Å². The molecule has 1 heterocycles. The Morgan fingerprint density at radius 1 is 1.14 bits per heavy atom. The van der Waals surface area contributed by atoms with Crippen LogP contribution in [-0.2, 0) is 0 Å². The van der Waals surface area contributed by atoms with Crippen molar-refractivity contribution in [2.24, 2.45) is 5.92 Å². The number of nitrogens with zero attached hydrogens (tertiary/aromatic N) is 1. The fourth-order valence-corrected chi connectivity index (χ4v) is 3.93. The van der Waals surface area contributed by atoms with Gasteiger partial charge >= 0.3 is 0 Å². The molecule has 1 aliphatic carbocycles. The van der Waals surface area contributed by atoms with Crippen LogP contribution in [0.4, 0.5) is 10.1 Å². The Morgan fingerprint density at radius 2 is 1.90 bits per heavy atom. The molecule has 3 nitrogen and oxygen atoms in total. The molecule has 1 aromatic rings. The highest BCUT2D eigenvalue weighted by Gasteiger charge is 2.36. The van der Waals surface area contributed by atoms with E-state index in [1.807, 2.05) is 4.90 Å². The standard InChI is InChI=1S/C17H23FN2O/c18-14-9-4-8-13(16(14)19)17(21)20-11-5-10-15(20)12-6-2-1-3-7-12/h4,8-9,12,15H,1-3,5-7,10-11,19H2. The first-order chi connectivity index (χ1) is 10.2. The third-order valence-corrected chi connectivity index (χ3v) is 5.04. The van der Waals surface area contributed by atoms with Gasteiger partial charge in [0, 0.05) is 12.6 Å². The maximum absolute atomic E-state index is 13.6. The quantitative estimate of drug-likeness (QED) is 0.846. The van der Waals surface area contributed by atoms with Gasteiger partial charge in [-0.05, 0) is 43.7 Å². The zero-order valence-corrected chi connectivity index (χ0v) is 12.4.